The molecule has 0 bridgehead atoms. The van der Waals surface area contributed by atoms with Crippen LogP contribution in [0.15, 0.2) is 42.0 Å². The molecule has 148 valence electrons. The van der Waals surface area contributed by atoms with Crippen LogP contribution in [0.5, 0.6) is 0 Å². The summed E-state index contributed by atoms with van der Waals surface area (Å²) in [6, 6.07) is 10.7. The SMILES string of the molecule is CC(C(=O)NCCC1=CCCCC1)N1CCN(CCc2ccccc2)CC1. The van der Waals surface area contributed by atoms with Gasteiger partial charge in [-0.2, -0.15) is 0 Å². The predicted octanol–water partition coefficient (Wildman–Crippen LogP) is 3.24. The van der Waals surface area contributed by atoms with Gasteiger partial charge in [-0.25, -0.2) is 0 Å². The van der Waals surface area contributed by atoms with Gasteiger partial charge in [-0.1, -0.05) is 42.0 Å². The Morgan fingerprint density at radius 1 is 1.07 bits per heavy atom. The Kier molecular flexibility index (Phi) is 7.91. The van der Waals surface area contributed by atoms with Gasteiger partial charge in [-0.15, -0.1) is 0 Å². The van der Waals surface area contributed by atoms with Gasteiger partial charge in [0.1, 0.15) is 0 Å². The fraction of sp³-hybridized carbons (Fsp3) is 0.609. The van der Waals surface area contributed by atoms with Crippen molar-refractivity contribution < 1.29 is 4.79 Å². The van der Waals surface area contributed by atoms with Crippen LogP contribution in [0.4, 0.5) is 0 Å². The second-order valence-electron chi connectivity index (χ2n) is 7.94. The molecule has 1 N–H and O–H groups in total. The van der Waals surface area contributed by atoms with Crippen LogP contribution in [-0.4, -0.2) is 61.0 Å². The van der Waals surface area contributed by atoms with Crippen molar-refractivity contribution in [3.05, 3.63) is 47.5 Å². The molecule has 1 fully saturated rings. The predicted molar refractivity (Wildman–Crippen MR) is 112 cm³/mol. The highest BCUT2D eigenvalue weighted by molar-refractivity contribution is 5.81. The van der Waals surface area contributed by atoms with E-state index in [2.05, 4.69) is 58.4 Å². The average molecular weight is 370 g/mol. The second-order valence-corrected chi connectivity index (χ2v) is 7.94. The lowest BCUT2D eigenvalue weighted by molar-refractivity contribution is -0.126. The van der Waals surface area contributed by atoms with Crippen molar-refractivity contribution in [3.63, 3.8) is 0 Å². The molecular weight excluding hydrogens is 334 g/mol. The molecule has 4 nitrogen and oxygen atoms in total. The Hall–Kier alpha value is -1.65. The van der Waals surface area contributed by atoms with Crippen molar-refractivity contribution in [1.82, 2.24) is 15.1 Å². The number of amides is 1. The van der Waals surface area contributed by atoms with Gasteiger partial charge >= 0.3 is 0 Å². The monoisotopic (exact) mass is 369 g/mol. The van der Waals surface area contributed by atoms with Crippen LogP contribution in [0, 0.1) is 0 Å². The first-order valence-electron chi connectivity index (χ1n) is 10.7. The number of carbonyl (C=O) groups is 1. The maximum Gasteiger partial charge on any atom is 0.237 e. The van der Waals surface area contributed by atoms with E-state index in [0.29, 0.717) is 0 Å². The molecule has 1 aromatic rings. The Bertz CT molecular complexity index is 605. The Morgan fingerprint density at radius 3 is 2.56 bits per heavy atom. The number of nitrogens with one attached hydrogen (secondary N) is 1. The number of allylic oxidation sites excluding steroid dienone is 1. The van der Waals surface area contributed by atoms with E-state index in [1.165, 1.54) is 36.8 Å². The lowest BCUT2D eigenvalue weighted by Gasteiger charge is -2.37. The summed E-state index contributed by atoms with van der Waals surface area (Å²) in [6.45, 7) is 8.01. The zero-order valence-corrected chi connectivity index (χ0v) is 16.8. The number of piperazine rings is 1. The van der Waals surface area contributed by atoms with Gasteiger partial charge in [0.15, 0.2) is 0 Å². The molecule has 1 saturated heterocycles. The van der Waals surface area contributed by atoms with Crippen LogP contribution in [0.25, 0.3) is 0 Å². The van der Waals surface area contributed by atoms with Crippen LogP contribution in [0.1, 0.15) is 44.6 Å². The van der Waals surface area contributed by atoms with E-state index >= 15 is 0 Å². The summed E-state index contributed by atoms with van der Waals surface area (Å²) in [5.41, 5.74) is 2.93. The minimum Gasteiger partial charge on any atom is -0.354 e. The first-order chi connectivity index (χ1) is 13.2. The summed E-state index contributed by atoms with van der Waals surface area (Å²) in [7, 11) is 0. The molecule has 4 heteroatoms. The van der Waals surface area contributed by atoms with Gasteiger partial charge in [0.2, 0.25) is 5.91 Å². The third-order valence-electron chi connectivity index (χ3n) is 6.02. The third-order valence-corrected chi connectivity index (χ3v) is 6.02. The van der Waals surface area contributed by atoms with E-state index in [1.807, 2.05) is 0 Å². The molecule has 1 amide bonds. The van der Waals surface area contributed by atoms with E-state index in [0.717, 1.165) is 52.1 Å². The Labute approximate surface area is 164 Å². The van der Waals surface area contributed by atoms with Crippen LogP contribution >= 0.6 is 0 Å². The summed E-state index contributed by atoms with van der Waals surface area (Å²) in [6.07, 6.45) is 9.56. The highest BCUT2D eigenvalue weighted by atomic mass is 16.2. The molecule has 1 aromatic carbocycles. The van der Waals surface area contributed by atoms with Crippen LogP contribution < -0.4 is 5.32 Å². The molecule has 0 radical (unpaired) electrons. The minimum atomic E-state index is -0.0263. The highest BCUT2D eigenvalue weighted by Gasteiger charge is 2.25. The summed E-state index contributed by atoms with van der Waals surface area (Å²) in [4.78, 5) is 17.3. The zero-order chi connectivity index (χ0) is 18.9. The van der Waals surface area contributed by atoms with E-state index in [1.54, 1.807) is 0 Å². The first kappa shape index (κ1) is 20.1. The van der Waals surface area contributed by atoms with E-state index < -0.39 is 0 Å². The third kappa shape index (κ3) is 6.47. The number of nitrogens with zero attached hydrogens (tertiary/aromatic N) is 2. The fourth-order valence-corrected chi connectivity index (χ4v) is 4.10. The van der Waals surface area contributed by atoms with Crippen molar-refractivity contribution in [2.75, 3.05) is 39.3 Å². The number of benzene rings is 1. The molecule has 0 aromatic heterocycles. The van der Waals surface area contributed by atoms with Crippen molar-refractivity contribution in [3.8, 4) is 0 Å². The normalized spacial score (nSPS) is 20.1. The molecule has 27 heavy (non-hydrogen) atoms. The first-order valence-corrected chi connectivity index (χ1v) is 10.7. The zero-order valence-electron chi connectivity index (χ0n) is 16.8. The Morgan fingerprint density at radius 2 is 1.85 bits per heavy atom. The highest BCUT2D eigenvalue weighted by Crippen LogP contribution is 2.19. The van der Waals surface area contributed by atoms with E-state index in [-0.39, 0.29) is 11.9 Å². The maximum atomic E-state index is 12.5. The largest absolute Gasteiger partial charge is 0.354 e. The molecule has 3 rings (SSSR count). The Balaban J connectivity index is 1.33. The fourth-order valence-electron chi connectivity index (χ4n) is 4.10. The molecule has 2 aliphatic rings. The molecule has 1 atom stereocenters. The minimum absolute atomic E-state index is 0.0263. The van der Waals surface area contributed by atoms with Crippen LogP contribution in [-0.2, 0) is 11.2 Å². The van der Waals surface area contributed by atoms with Gasteiger partial charge in [-0.3, -0.25) is 9.69 Å². The lowest BCUT2D eigenvalue weighted by Crippen LogP contribution is -2.54. The molecule has 1 aliphatic heterocycles. The van der Waals surface area contributed by atoms with Gasteiger partial charge in [0.25, 0.3) is 0 Å². The molecule has 1 aliphatic carbocycles. The van der Waals surface area contributed by atoms with Crippen molar-refractivity contribution in [1.29, 1.82) is 0 Å². The number of hydrogen-bond donors (Lipinski definition) is 1. The van der Waals surface area contributed by atoms with Crippen molar-refractivity contribution >= 4 is 5.91 Å². The number of rotatable bonds is 8. The average Bonchev–Trinajstić information content (AvgIpc) is 2.73. The van der Waals surface area contributed by atoms with Gasteiger partial charge in [-0.05, 0) is 51.0 Å². The van der Waals surface area contributed by atoms with Gasteiger partial charge in [0, 0.05) is 39.3 Å². The summed E-state index contributed by atoms with van der Waals surface area (Å²) in [5, 5.41) is 3.15. The van der Waals surface area contributed by atoms with E-state index in [4.69, 9.17) is 0 Å². The molecule has 1 unspecified atom stereocenters. The van der Waals surface area contributed by atoms with Crippen LogP contribution in [0.2, 0.25) is 0 Å². The van der Waals surface area contributed by atoms with Gasteiger partial charge in [0.05, 0.1) is 6.04 Å². The topological polar surface area (TPSA) is 35.6 Å². The molecular formula is C23H35N3O. The summed E-state index contributed by atoms with van der Waals surface area (Å²) < 4.78 is 0. The quantitative estimate of drug-likeness (QED) is 0.715. The molecule has 1 heterocycles. The molecule has 0 saturated carbocycles. The number of carbonyl (C=O) groups excluding carboxylic acids is 1. The summed E-state index contributed by atoms with van der Waals surface area (Å²) in [5.74, 6) is 0.184. The second kappa shape index (κ2) is 10.6. The number of hydrogen-bond acceptors (Lipinski definition) is 3. The smallest absolute Gasteiger partial charge is 0.237 e. The maximum absolute atomic E-state index is 12.5. The van der Waals surface area contributed by atoms with Crippen LogP contribution in [0.3, 0.4) is 0 Å². The van der Waals surface area contributed by atoms with Crippen molar-refractivity contribution in [2.45, 2.75) is 51.5 Å². The summed E-state index contributed by atoms with van der Waals surface area (Å²) >= 11 is 0. The standard InChI is InChI=1S/C23H35N3O/c1-20(23(27)24-14-12-21-8-4-2-5-9-21)26-18-16-25(17-19-26)15-13-22-10-6-3-7-11-22/h3,6-8,10-11,20H,2,4-5,9,12-19H2,1H3,(H,24,27). The lowest BCUT2D eigenvalue weighted by atomic mass is 9.97. The van der Waals surface area contributed by atoms with E-state index in [9.17, 15) is 4.79 Å². The van der Waals surface area contributed by atoms with Crippen molar-refractivity contribution in [2.24, 2.45) is 0 Å². The van der Waals surface area contributed by atoms with Gasteiger partial charge < -0.3 is 10.2 Å². The molecule has 0 spiro atoms.